The number of amides is 2. The summed E-state index contributed by atoms with van der Waals surface area (Å²) in [5.41, 5.74) is 0. The number of nitriles is 1. The predicted molar refractivity (Wildman–Crippen MR) is 55.2 cm³/mol. The molecular formula is C10H15N3O3. The molecule has 1 aliphatic rings. The third-order valence-electron chi connectivity index (χ3n) is 2.42. The van der Waals surface area contributed by atoms with Crippen LogP contribution < -0.4 is 10.6 Å². The Bertz CT molecular complexity index is 305. The van der Waals surface area contributed by atoms with Crippen LogP contribution in [0, 0.1) is 11.3 Å². The Hall–Kier alpha value is -1.61. The first-order valence-corrected chi connectivity index (χ1v) is 5.22. The summed E-state index contributed by atoms with van der Waals surface area (Å²) in [7, 11) is 0. The van der Waals surface area contributed by atoms with Crippen LogP contribution in [-0.4, -0.2) is 37.1 Å². The van der Waals surface area contributed by atoms with Crippen LogP contribution in [0.4, 0.5) is 0 Å². The van der Waals surface area contributed by atoms with Gasteiger partial charge < -0.3 is 15.4 Å². The van der Waals surface area contributed by atoms with Crippen molar-refractivity contribution in [1.82, 2.24) is 10.6 Å². The van der Waals surface area contributed by atoms with Crippen LogP contribution in [0.15, 0.2) is 0 Å². The van der Waals surface area contributed by atoms with Crippen LogP contribution in [0.5, 0.6) is 0 Å². The minimum atomic E-state index is -0.786. The summed E-state index contributed by atoms with van der Waals surface area (Å²) < 4.78 is 5.38. The molecule has 2 N–H and O–H groups in total. The van der Waals surface area contributed by atoms with Crippen molar-refractivity contribution in [2.75, 3.05) is 13.2 Å². The molecule has 88 valence electrons. The molecule has 0 aliphatic carbocycles. The lowest BCUT2D eigenvalue weighted by Crippen LogP contribution is -2.47. The molecule has 0 radical (unpaired) electrons. The maximum absolute atomic E-state index is 11.3. The highest BCUT2D eigenvalue weighted by molar-refractivity contribution is 6.35. The van der Waals surface area contributed by atoms with E-state index in [1.807, 2.05) is 0 Å². The molecule has 2 unspecified atom stereocenters. The van der Waals surface area contributed by atoms with Crippen molar-refractivity contribution in [3.8, 4) is 6.07 Å². The molecule has 0 aromatic rings. The van der Waals surface area contributed by atoms with Crippen LogP contribution in [0.25, 0.3) is 0 Å². The maximum atomic E-state index is 11.3. The van der Waals surface area contributed by atoms with Gasteiger partial charge in [0.1, 0.15) is 6.54 Å². The van der Waals surface area contributed by atoms with Gasteiger partial charge in [0.2, 0.25) is 0 Å². The zero-order valence-corrected chi connectivity index (χ0v) is 9.16. The molecule has 16 heavy (non-hydrogen) atoms. The minimum Gasteiger partial charge on any atom is -0.376 e. The molecule has 1 aliphatic heterocycles. The molecule has 0 spiro atoms. The van der Waals surface area contributed by atoms with Crippen LogP contribution in [0.3, 0.4) is 0 Å². The summed E-state index contributed by atoms with van der Waals surface area (Å²) in [5, 5.41) is 13.0. The van der Waals surface area contributed by atoms with Gasteiger partial charge in [-0.1, -0.05) is 0 Å². The SMILES string of the molecule is CC(NC(=O)C(=O)NCC#N)C1CCCO1. The molecule has 1 heterocycles. The van der Waals surface area contributed by atoms with Crippen LogP contribution in [0.2, 0.25) is 0 Å². The van der Waals surface area contributed by atoms with Crippen molar-refractivity contribution in [2.45, 2.75) is 31.9 Å². The van der Waals surface area contributed by atoms with Crippen molar-refractivity contribution in [3.63, 3.8) is 0 Å². The van der Waals surface area contributed by atoms with E-state index < -0.39 is 11.8 Å². The number of hydrogen-bond acceptors (Lipinski definition) is 4. The zero-order chi connectivity index (χ0) is 12.0. The van der Waals surface area contributed by atoms with Crippen molar-refractivity contribution < 1.29 is 14.3 Å². The first-order chi connectivity index (χ1) is 7.65. The van der Waals surface area contributed by atoms with E-state index in [4.69, 9.17) is 10.00 Å². The summed E-state index contributed by atoms with van der Waals surface area (Å²) >= 11 is 0. The van der Waals surface area contributed by atoms with E-state index in [9.17, 15) is 9.59 Å². The highest BCUT2D eigenvalue weighted by Crippen LogP contribution is 2.15. The Kier molecular flexibility index (Phi) is 4.73. The zero-order valence-electron chi connectivity index (χ0n) is 9.16. The molecule has 0 bridgehead atoms. The Morgan fingerprint density at radius 3 is 2.88 bits per heavy atom. The lowest BCUT2D eigenvalue weighted by Gasteiger charge is -2.19. The molecule has 1 fully saturated rings. The Morgan fingerprint density at radius 1 is 1.56 bits per heavy atom. The van der Waals surface area contributed by atoms with E-state index in [1.54, 1.807) is 13.0 Å². The minimum absolute atomic E-state index is 0.0206. The second kappa shape index (κ2) is 6.08. The van der Waals surface area contributed by atoms with Crippen LogP contribution in [-0.2, 0) is 14.3 Å². The fraction of sp³-hybridized carbons (Fsp3) is 0.700. The van der Waals surface area contributed by atoms with E-state index >= 15 is 0 Å². The summed E-state index contributed by atoms with van der Waals surface area (Å²) in [6, 6.07) is 1.53. The highest BCUT2D eigenvalue weighted by Gasteiger charge is 2.25. The average molecular weight is 225 g/mol. The van der Waals surface area contributed by atoms with Gasteiger partial charge in [0, 0.05) is 6.61 Å². The number of hydrogen-bond donors (Lipinski definition) is 2. The number of rotatable bonds is 3. The molecule has 0 saturated carbocycles. The summed E-state index contributed by atoms with van der Waals surface area (Å²) in [5.74, 6) is -1.51. The Balaban J connectivity index is 2.32. The van der Waals surface area contributed by atoms with Crippen molar-refractivity contribution in [1.29, 1.82) is 5.26 Å². The Labute approximate surface area is 93.9 Å². The van der Waals surface area contributed by atoms with Crippen LogP contribution >= 0.6 is 0 Å². The van der Waals surface area contributed by atoms with E-state index in [2.05, 4.69) is 10.6 Å². The number of nitrogens with one attached hydrogen (secondary N) is 2. The smallest absolute Gasteiger partial charge is 0.310 e. The summed E-state index contributed by atoms with van der Waals surface area (Å²) in [6.45, 7) is 2.33. The fourth-order valence-corrected chi connectivity index (χ4v) is 1.56. The van der Waals surface area contributed by atoms with Crippen molar-refractivity contribution >= 4 is 11.8 Å². The second-order valence-electron chi connectivity index (χ2n) is 3.65. The quantitative estimate of drug-likeness (QED) is 0.491. The van der Waals surface area contributed by atoms with Gasteiger partial charge in [-0.3, -0.25) is 9.59 Å². The predicted octanol–water partition coefficient (Wildman–Crippen LogP) is -0.690. The van der Waals surface area contributed by atoms with Crippen molar-refractivity contribution in [2.24, 2.45) is 0 Å². The third kappa shape index (κ3) is 3.51. The van der Waals surface area contributed by atoms with Gasteiger partial charge in [-0.15, -0.1) is 0 Å². The molecule has 2 amide bonds. The first kappa shape index (κ1) is 12.5. The lowest BCUT2D eigenvalue weighted by atomic mass is 10.1. The molecule has 1 saturated heterocycles. The van der Waals surface area contributed by atoms with Gasteiger partial charge in [0.05, 0.1) is 18.2 Å². The number of carbonyl (C=O) groups is 2. The maximum Gasteiger partial charge on any atom is 0.310 e. The van der Waals surface area contributed by atoms with Crippen molar-refractivity contribution in [3.05, 3.63) is 0 Å². The van der Waals surface area contributed by atoms with Gasteiger partial charge in [-0.2, -0.15) is 5.26 Å². The second-order valence-corrected chi connectivity index (χ2v) is 3.65. The van der Waals surface area contributed by atoms with Gasteiger partial charge in [0.15, 0.2) is 0 Å². The van der Waals surface area contributed by atoms with E-state index in [1.165, 1.54) is 0 Å². The topological polar surface area (TPSA) is 91.2 Å². The first-order valence-electron chi connectivity index (χ1n) is 5.22. The molecule has 6 nitrogen and oxygen atoms in total. The highest BCUT2D eigenvalue weighted by atomic mass is 16.5. The molecule has 0 aromatic heterocycles. The summed E-state index contributed by atoms with van der Waals surface area (Å²) in [6.07, 6.45) is 1.85. The number of ether oxygens (including phenoxy) is 1. The normalized spacial score (nSPS) is 20.9. The van der Waals surface area contributed by atoms with E-state index in [0.29, 0.717) is 6.61 Å². The van der Waals surface area contributed by atoms with E-state index in [-0.39, 0.29) is 18.7 Å². The monoisotopic (exact) mass is 225 g/mol. The van der Waals surface area contributed by atoms with E-state index in [0.717, 1.165) is 12.8 Å². The summed E-state index contributed by atoms with van der Waals surface area (Å²) in [4.78, 5) is 22.5. The van der Waals surface area contributed by atoms with Gasteiger partial charge in [-0.05, 0) is 19.8 Å². The largest absolute Gasteiger partial charge is 0.376 e. The van der Waals surface area contributed by atoms with Gasteiger partial charge in [0.25, 0.3) is 0 Å². The van der Waals surface area contributed by atoms with Gasteiger partial charge in [-0.25, -0.2) is 0 Å². The molecule has 6 heteroatoms. The Morgan fingerprint density at radius 2 is 2.31 bits per heavy atom. The standard InChI is InChI=1S/C10H15N3O3/c1-7(8-3-2-6-16-8)13-10(15)9(14)12-5-4-11/h7-8H,2-3,5-6H2,1H3,(H,12,14)(H,13,15). The number of carbonyl (C=O) groups excluding carboxylic acids is 2. The third-order valence-corrected chi connectivity index (χ3v) is 2.42. The van der Waals surface area contributed by atoms with Gasteiger partial charge >= 0.3 is 11.8 Å². The average Bonchev–Trinajstić information content (AvgIpc) is 2.79. The lowest BCUT2D eigenvalue weighted by molar-refractivity contribution is -0.139. The molecule has 0 aromatic carbocycles. The van der Waals surface area contributed by atoms with Crippen LogP contribution in [0.1, 0.15) is 19.8 Å². The number of nitrogens with zero attached hydrogens (tertiary/aromatic N) is 1. The molecular weight excluding hydrogens is 210 g/mol. The molecule has 2 atom stereocenters. The molecule has 1 rings (SSSR count). The fourth-order valence-electron chi connectivity index (χ4n) is 1.56.